The van der Waals surface area contributed by atoms with Gasteiger partial charge in [-0.2, -0.15) is 4.31 Å². The predicted octanol–water partition coefficient (Wildman–Crippen LogP) is 3.52. The number of carbonyl (C=O) groups is 1. The van der Waals surface area contributed by atoms with Gasteiger partial charge in [0.2, 0.25) is 10.0 Å². The van der Waals surface area contributed by atoms with E-state index in [4.69, 9.17) is 11.6 Å². The Bertz CT molecular complexity index is 874. The summed E-state index contributed by atoms with van der Waals surface area (Å²) in [7, 11) is -3.51. The quantitative estimate of drug-likeness (QED) is 0.879. The molecule has 8 heteroatoms. The molecule has 0 aromatic heterocycles. The summed E-state index contributed by atoms with van der Waals surface area (Å²) in [4.78, 5) is 12.3. The number of hydrogen-bond donors (Lipinski definition) is 1. The third-order valence-corrected chi connectivity index (χ3v) is 6.23. The lowest BCUT2D eigenvalue weighted by Gasteiger charge is -2.15. The van der Waals surface area contributed by atoms with Crippen LogP contribution in [0.5, 0.6) is 0 Å². The van der Waals surface area contributed by atoms with Crippen molar-refractivity contribution in [2.45, 2.75) is 17.7 Å². The van der Waals surface area contributed by atoms with Crippen molar-refractivity contribution in [1.82, 2.24) is 4.31 Å². The van der Waals surface area contributed by atoms with Crippen LogP contribution in [0.1, 0.15) is 23.2 Å². The van der Waals surface area contributed by atoms with E-state index in [1.54, 1.807) is 0 Å². The van der Waals surface area contributed by atoms with Gasteiger partial charge >= 0.3 is 0 Å². The van der Waals surface area contributed by atoms with E-state index >= 15 is 0 Å². The Morgan fingerprint density at radius 3 is 2.32 bits per heavy atom. The first kappa shape index (κ1) is 17.8. The minimum atomic E-state index is -3.51. The smallest absolute Gasteiger partial charge is 0.260 e. The highest BCUT2D eigenvalue weighted by Crippen LogP contribution is 2.24. The summed E-state index contributed by atoms with van der Waals surface area (Å²) in [6, 6.07) is 9.76. The fourth-order valence-electron chi connectivity index (χ4n) is 2.70. The lowest BCUT2D eigenvalue weighted by molar-refractivity contribution is 0.102. The number of halogens is 2. The van der Waals surface area contributed by atoms with Crippen LogP contribution in [-0.4, -0.2) is 31.7 Å². The van der Waals surface area contributed by atoms with Crippen LogP contribution in [-0.2, 0) is 10.0 Å². The molecule has 1 fully saturated rings. The average molecular weight is 383 g/mol. The van der Waals surface area contributed by atoms with Crippen molar-refractivity contribution in [2.75, 3.05) is 18.4 Å². The van der Waals surface area contributed by atoms with Gasteiger partial charge in [-0.05, 0) is 49.2 Å². The van der Waals surface area contributed by atoms with Crippen LogP contribution in [0, 0.1) is 5.82 Å². The fraction of sp³-hybridized carbons (Fsp3) is 0.235. The molecule has 2 aromatic rings. The van der Waals surface area contributed by atoms with Crippen LogP contribution in [0.4, 0.5) is 10.1 Å². The number of nitrogens with one attached hydrogen (secondary N) is 1. The van der Waals surface area contributed by atoms with Crippen molar-refractivity contribution in [1.29, 1.82) is 0 Å². The molecule has 1 saturated heterocycles. The molecular weight excluding hydrogens is 367 g/mol. The van der Waals surface area contributed by atoms with Crippen LogP contribution >= 0.6 is 11.6 Å². The molecule has 3 rings (SSSR count). The summed E-state index contributed by atoms with van der Waals surface area (Å²) in [5.74, 6) is -1.42. The number of sulfonamides is 1. The molecule has 1 amide bonds. The molecule has 2 aromatic carbocycles. The molecule has 1 aliphatic rings. The third kappa shape index (κ3) is 3.68. The summed E-state index contributed by atoms with van der Waals surface area (Å²) in [5.41, 5.74) is 0.0997. The Balaban J connectivity index is 1.78. The maximum absolute atomic E-state index is 13.8. The van der Waals surface area contributed by atoms with E-state index in [9.17, 15) is 17.6 Å². The van der Waals surface area contributed by atoms with Gasteiger partial charge in [0.15, 0.2) is 0 Å². The van der Waals surface area contributed by atoms with Gasteiger partial charge in [0, 0.05) is 18.8 Å². The first-order valence-electron chi connectivity index (χ1n) is 7.75. The zero-order chi connectivity index (χ0) is 18.0. The maximum atomic E-state index is 13.8. The number of benzene rings is 2. The molecule has 25 heavy (non-hydrogen) atoms. The number of carbonyl (C=O) groups excluding carboxylic acids is 1. The van der Waals surface area contributed by atoms with E-state index in [-0.39, 0.29) is 15.5 Å². The van der Waals surface area contributed by atoms with Gasteiger partial charge < -0.3 is 5.32 Å². The summed E-state index contributed by atoms with van der Waals surface area (Å²) in [5, 5.41) is 2.52. The van der Waals surface area contributed by atoms with Gasteiger partial charge in [-0.3, -0.25) is 4.79 Å². The van der Waals surface area contributed by atoms with Crippen molar-refractivity contribution in [3.63, 3.8) is 0 Å². The minimum absolute atomic E-state index is 0.00531. The molecule has 0 saturated carbocycles. The van der Waals surface area contributed by atoms with E-state index < -0.39 is 21.7 Å². The van der Waals surface area contributed by atoms with Crippen LogP contribution in [0.3, 0.4) is 0 Å². The molecule has 0 radical (unpaired) electrons. The van der Waals surface area contributed by atoms with Crippen molar-refractivity contribution >= 4 is 33.2 Å². The third-order valence-electron chi connectivity index (χ3n) is 4.00. The molecule has 132 valence electrons. The first-order valence-corrected chi connectivity index (χ1v) is 9.57. The van der Waals surface area contributed by atoms with E-state index in [1.807, 2.05) is 0 Å². The highest BCUT2D eigenvalue weighted by atomic mass is 35.5. The number of anilines is 1. The first-order chi connectivity index (χ1) is 11.9. The fourth-order valence-corrected chi connectivity index (χ4v) is 4.46. The number of hydrogen-bond acceptors (Lipinski definition) is 3. The highest BCUT2D eigenvalue weighted by Gasteiger charge is 2.27. The van der Waals surface area contributed by atoms with Crippen LogP contribution in [0.25, 0.3) is 0 Å². The Hall–Kier alpha value is -1.96. The Kier molecular flexibility index (Phi) is 5.08. The van der Waals surface area contributed by atoms with E-state index in [1.165, 1.54) is 40.7 Å². The predicted molar refractivity (Wildman–Crippen MR) is 93.8 cm³/mol. The van der Waals surface area contributed by atoms with Crippen molar-refractivity contribution in [3.05, 3.63) is 58.9 Å². The molecule has 1 heterocycles. The normalized spacial score (nSPS) is 15.3. The van der Waals surface area contributed by atoms with E-state index in [2.05, 4.69) is 5.32 Å². The number of nitrogens with zero attached hydrogens (tertiary/aromatic N) is 1. The molecule has 1 N–H and O–H groups in total. The van der Waals surface area contributed by atoms with Crippen LogP contribution in [0.15, 0.2) is 47.4 Å². The lowest BCUT2D eigenvalue weighted by Crippen LogP contribution is -2.27. The van der Waals surface area contributed by atoms with Crippen molar-refractivity contribution in [2.24, 2.45) is 0 Å². The lowest BCUT2D eigenvalue weighted by atomic mass is 10.2. The molecule has 0 unspecified atom stereocenters. The van der Waals surface area contributed by atoms with Gasteiger partial charge in [0.25, 0.3) is 5.91 Å². The summed E-state index contributed by atoms with van der Waals surface area (Å²) >= 11 is 5.86. The monoisotopic (exact) mass is 382 g/mol. The second kappa shape index (κ2) is 7.11. The second-order valence-corrected chi connectivity index (χ2v) is 8.03. The molecule has 0 aliphatic carbocycles. The largest absolute Gasteiger partial charge is 0.322 e. The Labute approximate surface area is 150 Å². The maximum Gasteiger partial charge on any atom is 0.260 e. The molecular formula is C17H16ClFN2O3S. The van der Waals surface area contributed by atoms with Gasteiger partial charge in [-0.1, -0.05) is 17.7 Å². The number of amides is 1. The Morgan fingerprint density at radius 1 is 1.08 bits per heavy atom. The van der Waals surface area contributed by atoms with E-state index in [0.29, 0.717) is 18.8 Å². The highest BCUT2D eigenvalue weighted by molar-refractivity contribution is 7.89. The van der Waals surface area contributed by atoms with Crippen LogP contribution < -0.4 is 5.32 Å². The van der Waals surface area contributed by atoms with Crippen LogP contribution in [0.2, 0.25) is 5.02 Å². The zero-order valence-corrected chi connectivity index (χ0v) is 14.8. The molecule has 0 spiro atoms. The topological polar surface area (TPSA) is 66.5 Å². The van der Waals surface area contributed by atoms with Gasteiger partial charge in [-0.25, -0.2) is 12.8 Å². The summed E-state index contributed by atoms with van der Waals surface area (Å²) in [6.07, 6.45) is 1.72. The van der Waals surface area contributed by atoms with Gasteiger partial charge in [0.05, 0.1) is 15.5 Å². The second-order valence-electron chi connectivity index (χ2n) is 5.69. The van der Waals surface area contributed by atoms with E-state index in [0.717, 1.165) is 18.9 Å². The van der Waals surface area contributed by atoms with Crippen molar-refractivity contribution in [3.8, 4) is 0 Å². The number of rotatable bonds is 4. The molecule has 5 nitrogen and oxygen atoms in total. The van der Waals surface area contributed by atoms with Gasteiger partial charge in [0.1, 0.15) is 5.82 Å². The minimum Gasteiger partial charge on any atom is -0.322 e. The average Bonchev–Trinajstić information content (AvgIpc) is 3.10. The molecule has 0 bridgehead atoms. The Morgan fingerprint density at radius 2 is 1.72 bits per heavy atom. The standard InChI is InChI=1S/C17H16ClFN2O3S/c18-14-4-3-5-15(19)16(14)17(22)20-12-6-8-13(9-7-12)25(23,24)21-10-1-2-11-21/h3-9H,1-2,10-11H2,(H,20,22). The zero-order valence-electron chi connectivity index (χ0n) is 13.2. The van der Waals surface area contributed by atoms with Gasteiger partial charge in [-0.15, -0.1) is 0 Å². The van der Waals surface area contributed by atoms with Crippen molar-refractivity contribution < 1.29 is 17.6 Å². The summed E-state index contributed by atoms with van der Waals surface area (Å²) < 4.78 is 40.1. The SMILES string of the molecule is O=C(Nc1ccc(S(=O)(=O)N2CCCC2)cc1)c1c(F)cccc1Cl. The summed E-state index contributed by atoms with van der Waals surface area (Å²) in [6.45, 7) is 1.04. The molecule has 0 atom stereocenters. The molecule has 1 aliphatic heterocycles.